The van der Waals surface area contributed by atoms with Crippen LogP contribution in [0.1, 0.15) is 51.5 Å². The Labute approximate surface area is 159 Å². The van der Waals surface area contributed by atoms with E-state index >= 15 is 0 Å². The number of esters is 2. The molecule has 0 radical (unpaired) electrons. The van der Waals surface area contributed by atoms with Crippen LogP contribution >= 0.6 is 0 Å². The normalized spacial score (nSPS) is 18.3. The second-order valence-electron chi connectivity index (χ2n) is 7.25. The molecule has 3 atom stereocenters. The van der Waals surface area contributed by atoms with Gasteiger partial charge >= 0.3 is 11.9 Å². The van der Waals surface area contributed by atoms with Crippen LogP contribution in [0.5, 0.6) is 11.5 Å². The minimum Gasteiger partial charge on any atom is -0.504 e. The van der Waals surface area contributed by atoms with E-state index < -0.39 is 24.2 Å². The first-order valence-electron chi connectivity index (χ1n) is 9.45. The Morgan fingerprint density at radius 2 is 1.70 bits per heavy atom. The number of hydrogen-bond acceptors (Lipinski definition) is 7. The van der Waals surface area contributed by atoms with Crippen LogP contribution < -0.4 is 5.73 Å². The Kier molecular flexibility index (Phi) is 7.47. The van der Waals surface area contributed by atoms with Crippen molar-refractivity contribution < 1.29 is 29.3 Å². The minimum atomic E-state index is -0.933. The summed E-state index contributed by atoms with van der Waals surface area (Å²) in [5.74, 6) is -1.42. The lowest BCUT2D eigenvalue weighted by Crippen LogP contribution is -2.40. The molecule has 0 aromatic heterocycles. The van der Waals surface area contributed by atoms with Gasteiger partial charge in [-0.1, -0.05) is 25.3 Å². The van der Waals surface area contributed by atoms with Crippen LogP contribution in [0, 0.1) is 5.92 Å². The van der Waals surface area contributed by atoms with Crippen LogP contribution in [0.4, 0.5) is 0 Å². The summed E-state index contributed by atoms with van der Waals surface area (Å²) in [6.07, 6.45) is 3.91. The molecule has 0 bridgehead atoms. The summed E-state index contributed by atoms with van der Waals surface area (Å²) in [7, 11) is 0. The van der Waals surface area contributed by atoms with E-state index in [4.69, 9.17) is 15.2 Å². The quantitative estimate of drug-likeness (QED) is 0.491. The van der Waals surface area contributed by atoms with E-state index in [0.29, 0.717) is 5.56 Å². The zero-order valence-corrected chi connectivity index (χ0v) is 15.9. The average molecular weight is 379 g/mol. The van der Waals surface area contributed by atoms with E-state index in [9.17, 15) is 19.8 Å². The van der Waals surface area contributed by atoms with E-state index in [1.54, 1.807) is 19.9 Å². The number of phenols is 2. The fourth-order valence-corrected chi connectivity index (χ4v) is 3.11. The van der Waals surface area contributed by atoms with E-state index in [-0.39, 0.29) is 29.8 Å². The lowest BCUT2D eigenvalue weighted by Gasteiger charge is -2.26. The van der Waals surface area contributed by atoms with Crippen molar-refractivity contribution in [2.24, 2.45) is 11.7 Å². The number of nitrogens with two attached hydrogens (primary N) is 1. The molecule has 0 aliphatic heterocycles. The van der Waals surface area contributed by atoms with E-state index in [1.165, 1.54) is 12.1 Å². The Morgan fingerprint density at radius 1 is 1.07 bits per heavy atom. The molecule has 0 spiro atoms. The van der Waals surface area contributed by atoms with Gasteiger partial charge in [-0.3, -0.25) is 9.59 Å². The minimum absolute atomic E-state index is 0.0615. The van der Waals surface area contributed by atoms with Crippen LogP contribution in [0.3, 0.4) is 0 Å². The topological polar surface area (TPSA) is 119 Å². The zero-order chi connectivity index (χ0) is 20.0. The molecular weight excluding hydrogens is 350 g/mol. The fourth-order valence-electron chi connectivity index (χ4n) is 3.11. The molecule has 7 heteroatoms. The molecule has 1 fully saturated rings. The highest BCUT2D eigenvalue weighted by Gasteiger charge is 2.28. The lowest BCUT2D eigenvalue weighted by molar-refractivity contribution is -0.169. The third-order valence-corrected chi connectivity index (χ3v) is 5.00. The van der Waals surface area contributed by atoms with Gasteiger partial charge in [0, 0.05) is 0 Å². The molecule has 1 aromatic carbocycles. The average Bonchev–Trinajstić information content (AvgIpc) is 2.65. The lowest BCUT2D eigenvalue weighted by atomic mass is 9.89. The van der Waals surface area contributed by atoms with Gasteiger partial charge in [0.2, 0.25) is 0 Å². The van der Waals surface area contributed by atoms with Crippen molar-refractivity contribution in [3.8, 4) is 11.5 Å². The van der Waals surface area contributed by atoms with Crippen LogP contribution in [0.2, 0.25) is 0 Å². The van der Waals surface area contributed by atoms with Crippen LogP contribution in [-0.2, 0) is 25.5 Å². The maximum absolute atomic E-state index is 12.2. The number of aromatic hydroxyl groups is 2. The number of carbonyl (C=O) groups excluding carboxylic acids is 2. The molecule has 4 N–H and O–H groups in total. The van der Waals surface area contributed by atoms with Gasteiger partial charge in [-0.05, 0) is 50.8 Å². The van der Waals surface area contributed by atoms with Gasteiger partial charge in [0.25, 0.3) is 0 Å². The molecular formula is C20H29NO6. The molecule has 27 heavy (non-hydrogen) atoms. The van der Waals surface area contributed by atoms with Gasteiger partial charge < -0.3 is 25.4 Å². The summed E-state index contributed by atoms with van der Waals surface area (Å²) < 4.78 is 10.8. The monoisotopic (exact) mass is 379 g/mol. The number of ether oxygens (including phenoxy) is 2. The number of hydrogen-bond donors (Lipinski definition) is 3. The third kappa shape index (κ3) is 6.13. The predicted molar refractivity (Wildman–Crippen MR) is 99.1 cm³/mol. The van der Waals surface area contributed by atoms with E-state index in [0.717, 1.165) is 32.1 Å². The number of benzene rings is 1. The molecule has 1 aromatic rings. The molecule has 0 amide bonds. The zero-order valence-electron chi connectivity index (χ0n) is 15.9. The summed E-state index contributed by atoms with van der Waals surface area (Å²) in [4.78, 5) is 24.4. The van der Waals surface area contributed by atoms with E-state index in [1.807, 2.05) is 0 Å². The SMILES string of the molecule is C[C@@H](OC(=O)C1CCCCC1)[C@@H](C)OC(=O)[C@@H](N)Cc1ccc(O)c(O)c1. The maximum Gasteiger partial charge on any atom is 0.323 e. The molecule has 150 valence electrons. The number of carbonyl (C=O) groups is 2. The van der Waals surface area contributed by atoms with Crippen molar-refractivity contribution in [2.75, 3.05) is 0 Å². The third-order valence-electron chi connectivity index (χ3n) is 5.00. The summed E-state index contributed by atoms with van der Waals surface area (Å²) >= 11 is 0. The van der Waals surface area contributed by atoms with Gasteiger partial charge in [0.05, 0.1) is 5.92 Å². The highest BCUT2D eigenvalue weighted by molar-refractivity contribution is 5.76. The number of phenolic OH excluding ortho intramolecular Hbond substituents is 2. The summed E-state index contributed by atoms with van der Waals surface area (Å²) in [6, 6.07) is 3.32. The van der Waals surface area contributed by atoms with Gasteiger partial charge in [0.15, 0.2) is 11.5 Å². The Bertz CT molecular complexity index is 656. The van der Waals surface area contributed by atoms with Gasteiger partial charge in [-0.2, -0.15) is 0 Å². The van der Waals surface area contributed by atoms with E-state index in [2.05, 4.69) is 0 Å². The summed E-state index contributed by atoms with van der Waals surface area (Å²) in [5.41, 5.74) is 6.47. The highest BCUT2D eigenvalue weighted by atomic mass is 16.6. The van der Waals surface area contributed by atoms with Gasteiger partial charge in [0.1, 0.15) is 18.2 Å². The number of rotatable bonds is 7. The molecule has 0 saturated heterocycles. The van der Waals surface area contributed by atoms with Crippen molar-refractivity contribution in [1.29, 1.82) is 0 Å². The van der Waals surface area contributed by atoms with Crippen molar-refractivity contribution in [3.05, 3.63) is 23.8 Å². The predicted octanol–water partition coefficient (Wildman–Crippen LogP) is 2.41. The molecule has 1 aliphatic rings. The molecule has 1 saturated carbocycles. The molecule has 0 heterocycles. The van der Waals surface area contributed by atoms with Gasteiger partial charge in [-0.15, -0.1) is 0 Å². The summed E-state index contributed by atoms with van der Waals surface area (Å²) in [6.45, 7) is 3.36. The summed E-state index contributed by atoms with van der Waals surface area (Å²) in [5, 5.41) is 18.8. The smallest absolute Gasteiger partial charge is 0.323 e. The molecule has 0 unspecified atom stereocenters. The van der Waals surface area contributed by atoms with Crippen LogP contribution in [0.15, 0.2) is 18.2 Å². The molecule has 1 aliphatic carbocycles. The Hall–Kier alpha value is -2.28. The van der Waals surface area contributed by atoms with Crippen molar-refractivity contribution >= 4 is 11.9 Å². The first-order chi connectivity index (χ1) is 12.8. The molecule has 2 rings (SSSR count). The standard InChI is InChI=1S/C20H29NO6/c1-12(26-19(24)15-6-4-3-5-7-15)13(2)27-20(25)16(21)10-14-8-9-17(22)18(23)11-14/h8-9,11-13,15-16,22-23H,3-7,10,21H2,1-2H3/t12-,13-,16+/m1/s1. The first-order valence-corrected chi connectivity index (χ1v) is 9.45. The van der Waals surface area contributed by atoms with Crippen LogP contribution in [0.25, 0.3) is 0 Å². The second-order valence-corrected chi connectivity index (χ2v) is 7.25. The maximum atomic E-state index is 12.2. The fraction of sp³-hybridized carbons (Fsp3) is 0.600. The second kappa shape index (κ2) is 9.60. The Morgan fingerprint density at radius 3 is 2.33 bits per heavy atom. The molecule has 7 nitrogen and oxygen atoms in total. The van der Waals surface area contributed by atoms with Crippen molar-refractivity contribution in [2.45, 2.75) is 70.6 Å². The van der Waals surface area contributed by atoms with Crippen LogP contribution in [-0.4, -0.2) is 40.4 Å². The van der Waals surface area contributed by atoms with Gasteiger partial charge in [-0.25, -0.2) is 0 Å². The first kappa shape index (κ1) is 21.0. The highest BCUT2D eigenvalue weighted by Crippen LogP contribution is 2.26. The largest absolute Gasteiger partial charge is 0.504 e. The van der Waals surface area contributed by atoms with Crippen molar-refractivity contribution in [1.82, 2.24) is 0 Å². The Balaban J connectivity index is 1.81. The van der Waals surface area contributed by atoms with Crippen molar-refractivity contribution in [3.63, 3.8) is 0 Å².